The van der Waals surface area contributed by atoms with E-state index in [1.807, 2.05) is 77.7 Å². The molecule has 11 atom stereocenters. The third-order valence-electron chi connectivity index (χ3n) is 19.3. The molecule has 4 bridgehead atoms. The van der Waals surface area contributed by atoms with Crippen LogP contribution in [0.1, 0.15) is 102 Å². The first kappa shape index (κ1) is 40.3. The zero-order valence-electron chi connectivity index (χ0n) is 37.0. The summed E-state index contributed by atoms with van der Waals surface area (Å²) in [6.07, 6.45) is 15.0. The minimum Gasteiger partial charge on any atom is -0.410 e. The van der Waals surface area contributed by atoms with Crippen molar-refractivity contribution in [3.05, 3.63) is 126 Å². The molecule has 13 rings (SSSR count). The number of benzene rings is 4. The number of hydrogen-bond donors (Lipinski definition) is 2. The average molecular weight is 830 g/mol. The van der Waals surface area contributed by atoms with E-state index in [0.29, 0.717) is 42.5 Å². The molecular formula is C56H63NO5. The van der Waals surface area contributed by atoms with Gasteiger partial charge in [-0.15, -0.1) is 0 Å². The second-order valence-electron chi connectivity index (χ2n) is 22.0. The standard InChI is InChI=1S/C56H63NO5/c1-51(2)40-20-18-39(45(51)31-40)34-57(50(60)62-42-21-19-36-12-8-9-15-38(36)30-42)35-55(61)27-24-48-53(55,4)26-23-47-52(3)25-22-41(58)32-54(52)28-29-56(47,48)46(33-54)49(59)44-17-11-10-16-43(44)37-13-6-5-7-14-37/h5-17,19,21,28-30,33,39-41,45,47-48,58,61H,18,20,22-27,31-32,34-35H2,1-4H3. The van der Waals surface area contributed by atoms with Gasteiger partial charge >= 0.3 is 6.09 Å². The monoisotopic (exact) mass is 829 g/mol. The summed E-state index contributed by atoms with van der Waals surface area (Å²) in [4.78, 5) is 32.3. The lowest BCUT2D eigenvalue weighted by atomic mass is 9.32. The molecule has 11 unspecified atom stereocenters. The van der Waals surface area contributed by atoms with Gasteiger partial charge in [0.2, 0.25) is 0 Å². The van der Waals surface area contributed by atoms with Crippen LogP contribution >= 0.6 is 0 Å². The molecule has 0 heterocycles. The van der Waals surface area contributed by atoms with Crippen LogP contribution in [-0.4, -0.2) is 51.8 Å². The quantitative estimate of drug-likeness (QED) is 0.136. The van der Waals surface area contributed by atoms with Crippen molar-refractivity contribution in [2.24, 2.45) is 56.7 Å². The van der Waals surface area contributed by atoms with E-state index in [0.717, 1.165) is 71.9 Å². The number of aliphatic hydroxyl groups is 2. The Morgan fingerprint density at radius 3 is 2.26 bits per heavy atom. The van der Waals surface area contributed by atoms with Crippen molar-refractivity contribution < 1.29 is 24.5 Å². The summed E-state index contributed by atoms with van der Waals surface area (Å²) >= 11 is 0. The number of hydrogen-bond acceptors (Lipinski definition) is 5. The van der Waals surface area contributed by atoms with Gasteiger partial charge in [-0.3, -0.25) is 4.79 Å². The summed E-state index contributed by atoms with van der Waals surface area (Å²) in [5.74, 6) is 2.33. The Hall–Kier alpha value is -4.52. The van der Waals surface area contributed by atoms with Crippen LogP contribution in [0.2, 0.25) is 0 Å². The predicted molar refractivity (Wildman–Crippen MR) is 244 cm³/mol. The molecule has 9 aliphatic rings. The summed E-state index contributed by atoms with van der Waals surface area (Å²) in [5, 5.41) is 26.9. The molecule has 6 saturated carbocycles. The van der Waals surface area contributed by atoms with Crippen molar-refractivity contribution in [3.8, 4) is 16.9 Å². The van der Waals surface area contributed by atoms with E-state index in [1.165, 1.54) is 12.8 Å². The highest BCUT2D eigenvalue weighted by Gasteiger charge is 2.74. The number of amides is 1. The molecule has 6 nitrogen and oxygen atoms in total. The Morgan fingerprint density at radius 1 is 0.758 bits per heavy atom. The molecule has 4 aromatic rings. The molecule has 0 saturated heterocycles. The Balaban J connectivity index is 0.978. The normalized spacial score (nSPS) is 38.3. The van der Waals surface area contributed by atoms with Crippen LogP contribution in [0, 0.1) is 56.7 Å². The molecule has 0 aromatic heterocycles. The van der Waals surface area contributed by atoms with Gasteiger partial charge in [-0.2, -0.15) is 0 Å². The van der Waals surface area contributed by atoms with E-state index in [-0.39, 0.29) is 35.0 Å². The lowest BCUT2D eigenvalue weighted by Gasteiger charge is -2.71. The van der Waals surface area contributed by atoms with Crippen LogP contribution in [0.3, 0.4) is 0 Å². The molecule has 6 fully saturated rings. The number of ether oxygens (including phenoxy) is 1. The van der Waals surface area contributed by atoms with Crippen molar-refractivity contribution in [1.82, 2.24) is 4.90 Å². The maximum atomic E-state index is 15.7. The molecular weight excluding hydrogens is 767 g/mol. The molecule has 2 N–H and O–H groups in total. The molecule has 0 aliphatic heterocycles. The number of allylic oxidation sites excluding steroid dienone is 4. The van der Waals surface area contributed by atoms with Crippen LogP contribution in [0.4, 0.5) is 4.79 Å². The summed E-state index contributed by atoms with van der Waals surface area (Å²) in [6.45, 7) is 10.3. The average Bonchev–Trinajstić information content (AvgIpc) is 3.55. The van der Waals surface area contributed by atoms with Gasteiger partial charge in [-0.05, 0) is 139 Å². The van der Waals surface area contributed by atoms with Gasteiger partial charge in [0.25, 0.3) is 0 Å². The highest BCUT2D eigenvalue weighted by Crippen LogP contribution is 2.78. The maximum Gasteiger partial charge on any atom is 0.415 e. The van der Waals surface area contributed by atoms with Crippen molar-refractivity contribution in [1.29, 1.82) is 0 Å². The molecule has 322 valence electrons. The number of carbonyl (C=O) groups is 2. The Labute approximate surface area is 367 Å². The van der Waals surface area contributed by atoms with Gasteiger partial charge in [0.15, 0.2) is 5.78 Å². The van der Waals surface area contributed by atoms with Crippen molar-refractivity contribution >= 4 is 22.6 Å². The Morgan fingerprint density at radius 2 is 1.47 bits per heavy atom. The third-order valence-corrected chi connectivity index (χ3v) is 19.3. The van der Waals surface area contributed by atoms with Crippen LogP contribution in [0.5, 0.6) is 5.75 Å². The second kappa shape index (κ2) is 14.0. The van der Waals surface area contributed by atoms with E-state index >= 15 is 4.79 Å². The molecule has 1 amide bonds. The predicted octanol–water partition coefficient (Wildman–Crippen LogP) is 11.9. The minimum absolute atomic E-state index is 0.0320. The zero-order valence-corrected chi connectivity index (χ0v) is 37.0. The fourth-order valence-electron chi connectivity index (χ4n) is 15.7. The molecule has 2 spiro atoms. The topological polar surface area (TPSA) is 87.1 Å². The van der Waals surface area contributed by atoms with Gasteiger partial charge in [-0.25, -0.2) is 4.79 Å². The van der Waals surface area contributed by atoms with Gasteiger partial charge in [0.1, 0.15) is 5.75 Å². The van der Waals surface area contributed by atoms with Crippen molar-refractivity contribution in [3.63, 3.8) is 0 Å². The van der Waals surface area contributed by atoms with Gasteiger partial charge in [-0.1, -0.05) is 131 Å². The number of nitrogens with zero attached hydrogens (tertiary/aromatic N) is 1. The summed E-state index contributed by atoms with van der Waals surface area (Å²) in [7, 11) is 0. The Bertz CT molecular complexity index is 2520. The smallest absolute Gasteiger partial charge is 0.410 e. The number of fused-ring (bicyclic) bond motifs is 4. The first-order valence-corrected chi connectivity index (χ1v) is 23.7. The number of rotatable bonds is 8. The fraction of sp³-hybridized carbons (Fsp3) is 0.500. The van der Waals surface area contributed by atoms with Crippen LogP contribution in [0.15, 0.2) is 121 Å². The summed E-state index contributed by atoms with van der Waals surface area (Å²) in [5.41, 5.74) is 0.751. The zero-order chi connectivity index (χ0) is 42.9. The minimum atomic E-state index is -1.20. The van der Waals surface area contributed by atoms with E-state index in [2.05, 4.69) is 70.2 Å². The summed E-state index contributed by atoms with van der Waals surface area (Å²) in [6, 6.07) is 32.2. The van der Waals surface area contributed by atoms with Gasteiger partial charge in [0.05, 0.1) is 18.2 Å². The SMILES string of the molecule is CC1(C)C2CCC(CN(CC3(O)CCC4C56C=CC7(C=C5C(=O)c5ccccc5-c5ccccc5)CC(O)CCC7(C)C6CCC43C)C(=O)Oc3ccc4ccccc4c3)C1C2. The number of ketones is 1. The lowest BCUT2D eigenvalue weighted by Crippen LogP contribution is -2.67. The molecule has 4 aromatic carbocycles. The van der Waals surface area contributed by atoms with Crippen LogP contribution < -0.4 is 4.74 Å². The molecule has 0 radical (unpaired) electrons. The third kappa shape index (κ3) is 5.60. The van der Waals surface area contributed by atoms with E-state index in [1.54, 1.807) is 0 Å². The van der Waals surface area contributed by atoms with E-state index < -0.39 is 34.0 Å². The van der Waals surface area contributed by atoms with E-state index in [4.69, 9.17) is 4.74 Å². The van der Waals surface area contributed by atoms with Crippen LogP contribution in [0.25, 0.3) is 21.9 Å². The van der Waals surface area contributed by atoms with Crippen LogP contribution in [-0.2, 0) is 0 Å². The maximum absolute atomic E-state index is 15.7. The highest BCUT2D eigenvalue weighted by atomic mass is 16.6. The molecule has 9 aliphatic carbocycles. The highest BCUT2D eigenvalue weighted by molar-refractivity contribution is 6.14. The number of carbonyl (C=O) groups excluding carboxylic acids is 2. The van der Waals surface area contributed by atoms with Gasteiger partial charge < -0.3 is 19.8 Å². The lowest BCUT2D eigenvalue weighted by molar-refractivity contribution is -0.176. The largest absolute Gasteiger partial charge is 0.415 e. The number of aliphatic hydroxyl groups excluding tert-OH is 1. The molecule has 62 heavy (non-hydrogen) atoms. The van der Waals surface area contributed by atoms with Crippen molar-refractivity contribution in [2.45, 2.75) is 104 Å². The first-order valence-electron chi connectivity index (χ1n) is 23.7. The van der Waals surface area contributed by atoms with Crippen molar-refractivity contribution in [2.75, 3.05) is 13.1 Å². The van der Waals surface area contributed by atoms with E-state index in [9.17, 15) is 15.0 Å². The first-order chi connectivity index (χ1) is 29.7. The molecule has 6 heteroatoms. The Kier molecular flexibility index (Phi) is 9.09. The number of Topliss-reactive ketones (excluding diaryl/α,β-unsaturated/α-hetero) is 1. The fourth-order valence-corrected chi connectivity index (χ4v) is 15.7. The summed E-state index contributed by atoms with van der Waals surface area (Å²) < 4.78 is 6.30. The van der Waals surface area contributed by atoms with Gasteiger partial charge in [0, 0.05) is 33.9 Å². The second-order valence-corrected chi connectivity index (χ2v) is 22.0.